The molecule has 1 aliphatic rings. The average Bonchev–Trinajstić information content (AvgIpc) is 3.35. The number of aryl methyl sites for hydroxylation is 1. The monoisotopic (exact) mass is 613 g/mol. The summed E-state index contributed by atoms with van der Waals surface area (Å²) in [6.45, 7) is 6.43. The quantitative estimate of drug-likeness (QED) is 0.163. The standard InChI is InChI=1S/C33H44FN3O5S/c1-5-11-24-18-27(31(34)29(20-24)37-16-10-17-43(37,40)41)32(39)36-28(19-23-12-7-6-8-13-23)30(38)22-35-33(2,3)25-14-9-15-26(21-25)42-4/h6-9,12-15,18,20-21,28,30,35,38,40-41H,5,10-11,16-17,19,22H2,1-4H3,(H,36,39)/t28-,30-/m0/s1. The Labute approximate surface area is 255 Å². The van der Waals surface area contributed by atoms with Gasteiger partial charge in [-0.3, -0.25) is 18.2 Å². The smallest absolute Gasteiger partial charge is 0.254 e. The summed E-state index contributed by atoms with van der Waals surface area (Å²) in [4.78, 5) is 13.7. The number of aliphatic hydroxyl groups is 1. The van der Waals surface area contributed by atoms with Gasteiger partial charge in [0, 0.05) is 18.6 Å². The van der Waals surface area contributed by atoms with Crippen molar-refractivity contribution in [3.8, 4) is 5.75 Å². The van der Waals surface area contributed by atoms with Crippen LogP contribution >= 0.6 is 10.8 Å². The van der Waals surface area contributed by atoms with E-state index in [0.29, 0.717) is 25.8 Å². The molecule has 5 N–H and O–H groups in total. The van der Waals surface area contributed by atoms with E-state index in [4.69, 9.17) is 4.74 Å². The van der Waals surface area contributed by atoms with Crippen LogP contribution in [0.4, 0.5) is 10.1 Å². The molecule has 0 spiro atoms. The highest BCUT2D eigenvalue weighted by molar-refractivity contribution is 8.25. The summed E-state index contributed by atoms with van der Waals surface area (Å²) in [5.41, 5.74) is 1.93. The van der Waals surface area contributed by atoms with Gasteiger partial charge < -0.3 is 20.5 Å². The van der Waals surface area contributed by atoms with E-state index in [-0.39, 0.29) is 23.5 Å². The number of carbonyl (C=O) groups is 1. The third-order valence-corrected chi connectivity index (χ3v) is 9.84. The number of benzene rings is 3. The van der Waals surface area contributed by atoms with Gasteiger partial charge >= 0.3 is 0 Å². The van der Waals surface area contributed by atoms with Crippen molar-refractivity contribution < 1.29 is 28.1 Å². The van der Waals surface area contributed by atoms with Crippen molar-refractivity contribution in [3.05, 3.63) is 94.8 Å². The minimum atomic E-state index is -3.16. The van der Waals surface area contributed by atoms with Crippen molar-refractivity contribution in [1.82, 2.24) is 10.6 Å². The zero-order valence-corrected chi connectivity index (χ0v) is 26.2. The minimum absolute atomic E-state index is 0.0236. The maximum absolute atomic E-state index is 16.0. The Balaban J connectivity index is 1.59. The summed E-state index contributed by atoms with van der Waals surface area (Å²) in [5.74, 6) is -0.580. The topological polar surface area (TPSA) is 114 Å². The van der Waals surface area contributed by atoms with E-state index < -0.39 is 40.2 Å². The number of nitrogens with one attached hydrogen (secondary N) is 2. The molecule has 1 heterocycles. The molecule has 0 radical (unpaired) electrons. The number of anilines is 1. The second kappa shape index (κ2) is 14.1. The van der Waals surface area contributed by atoms with E-state index in [9.17, 15) is 19.0 Å². The first-order chi connectivity index (χ1) is 20.4. The van der Waals surface area contributed by atoms with E-state index in [1.165, 1.54) is 10.4 Å². The van der Waals surface area contributed by atoms with Gasteiger partial charge in [-0.05, 0) is 74.1 Å². The number of methoxy groups -OCH3 is 1. The van der Waals surface area contributed by atoms with Gasteiger partial charge in [0.1, 0.15) is 5.75 Å². The lowest BCUT2D eigenvalue weighted by atomic mass is 9.93. The zero-order chi connectivity index (χ0) is 31.2. The van der Waals surface area contributed by atoms with Crippen LogP contribution in [-0.2, 0) is 18.4 Å². The highest BCUT2D eigenvalue weighted by atomic mass is 32.3. The van der Waals surface area contributed by atoms with Crippen molar-refractivity contribution >= 4 is 22.4 Å². The fraction of sp³-hybridized carbons (Fsp3) is 0.424. The minimum Gasteiger partial charge on any atom is -0.497 e. The molecule has 0 unspecified atom stereocenters. The number of carbonyl (C=O) groups excluding carboxylic acids is 1. The van der Waals surface area contributed by atoms with E-state index in [2.05, 4.69) is 10.6 Å². The van der Waals surface area contributed by atoms with Crippen LogP contribution in [0.15, 0.2) is 66.7 Å². The van der Waals surface area contributed by atoms with Crippen LogP contribution in [-0.4, -0.2) is 58.2 Å². The number of hydrogen-bond acceptors (Lipinski definition) is 7. The highest BCUT2D eigenvalue weighted by Gasteiger charge is 2.34. The van der Waals surface area contributed by atoms with Crippen molar-refractivity contribution in [2.75, 3.05) is 30.3 Å². The van der Waals surface area contributed by atoms with Crippen LogP contribution in [0.5, 0.6) is 5.75 Å². The molecule has 1 saturated heterocycles. The van der Waals surface area contributed by atoms with Gasteiger partial charge in [-0.1, -0.05) is 55.8 Å². The van der Waals surface area contributed by atoms with Crippen molar-refractivity contribution in [1.29, 1.82) is 0 Å². The number of amides is 1. The third kappa shape index (κ3) is 8.07. The first-order valence-electron chi connectivity index (χ1n) is 14.7. The lowest BCUT2D eigenvalue weighted by molar-refractivity contribution is 0.0810. The number of hydrogen-bond donors (Lipinski definition) is 5. The summed E-state index contributed by atoms with van der Waals surface area (Å²) in [5, 5.41) is 17.7. The Morgan fingerprint density at radius 3 is 2.49 bits per heavy atom. The van der Waals surface area contributed by atoms with Gasteiger partial charge in [0.05, 0.1) is 36.3 Å². The van der Waals surface area contributed by atoms with Gasteiger partial charge in [0.15, 0.2) is 5.82 Å². The second-order valence-electron chi connectivity index (χ2n) is 11.6. The van der Waals surface area contributed by atoms with Crippen LogP contribution in [0.2, 0.25) is 0 Å². The fourth-order valence-electron chi connectivity index (χ4n) is 5.40. The number of rotatable bonds is 13. The third-order valence-electron chi connectivity index (χ3n) is 7.92. The summed E-state index contributed by atoms with van der Waals surface area (Å²) >= 11 is 0. The molecule has 0 aromatic heterocycles. The number of nitrogens with zero attached hydrogens (tertiary/aromatic N) is 1. The van der Waals surface area contributed by atoms with Crippen LogP contribution in [0.25, 0.3) is 0 Å². The van der Waals surface area contributed by atoms with E-state index >= 15 is 4.39 Å². The first kappa shape index (κ1) is 32.8. The lowest BCUT2D eigenvalue weighted by Gasteiger charge is -2.38. The Morgan fingerprint density at radius 1 is 1.09 bits per heavy atom. The fourth-order valence-corrected chi connectivity index (χ4v) is 7.00. The maximum Gasteiger partial charge on any atom is 0.254 e. The summed E-state index contributed by atoms with van der Waals surface area (Å²) in [7, 11) is -1.55. The molecular weight excluding hydrogens is 569 g/mol. The molecule has 0 saturated carbocycles. The normalized spacial score (nSPS) is 16.9. The molecule has 1 fully saturated rings. The zero-order valence-electron chi connectivity index (χ0n) is 25.3. The van der Waals surface area contributed by atoms with Gasteiger partial charge in [-0.2, -0.15) is 0 Å². The predicted molar refractivity (Wildman–Crippen MR) is 172 cm³/mol. The molecule has 3 aromatic rings. The van der Waals surface area contributed by atoms with Crippen molar-refractivity contribution in [2.24, 2.45) is 0 Å². The molecule has 1 amide bonds. The molecule has 1 aliphatic heterocycles. The SMILES string of the molecule is CCCc1cc(C(=O)N[C@@H](Cc2ccccc2)[C@@H](O)CNC(C)(C)c2cccc(OC)c2)c(F)c(N2CCCS2(O)O)c1. The molecule has 0 bridgehead atoms. The molecule has 2 atom stereocenters. The predicted octanol–water partition coefficient (Wildman–Crippen LogP) is 5.89. The molecular formula is C33H44FN3O5S. The molecule has 43 heavy (non-hydrogen) atoms. The van der Waals surface area contributed by atoms with Crippen LogP contribution in [0.1, 0.15) is 60.7 Å². The molecule has 8 nitrogen and oxygen atoms in total. The van der Waals surface area contributed by atoms with Crippen LogP contribution in [0.3, 0.4) is 0 Å². The Hall–Kier alpha value is -3.15. The van der Waals surface area contributed by atoms with Gasteiger partial charge in [0.2, 0.25) is 0 Å². The number of halogens is 1. The average molecular weight is 614 g/mol. The van der Waals surface area contributed by atoms with Crippen LogP contribution in [0, 0.1) is 5.82 Å². The summed E-state index contributed by atoms with van der Waals surface area (Å²) < 4.78 is 43.7. The van der Waals surface area contributed by atoms with Crippen LogP contribution < -0.4 is 19.7 Å². The molecule has 4 rings (SSSR count). The lowest BCUT2D eigenvalue weighted by Crippen LogP contribution is -2.51. The maximum atomic E-state index is 16.0. The number of ether oxygens (including phenoxy) is 1. The first-order valence-corrected chi connectivity index (χ1v) is 16.4. The largest absolute Gasteiger partial charge is 0.497 e. The van der Waals surface area contributed by atoms with E-state index in [1.807, 2.05) is 75.4 Å². The molecule has 0 aliphatic carbocycles. The number of aliphatic hydroxyl groups excluding tert-OH is 1. The summed E-state index contributed by atoms with van der Waals surface area (Å²) in [6, 6.07) is 19.6. The van der Waals surface area contributed by atoms with Gasteiger partial charge in [-0.25, -0.2) is 4.39 Å². The van der Waals surface area contributed by atoms with E-state index in [1.54, 1.807) is 13.2 Å². The summed E-state index contributed by atoms with van der Waals surface area (Å²) in [6.07, 6.45) is 1.20. The Kier molecular flexibility index (Phi) is 10.7. The second-order valence-corrected chi connectivity index (χ2v) is 13.7. The Morgan fingerprint density at radius 2 is 1.84 bits per heavy atom. The van der Waals surface area contributed by atoms with Crippen molar-refractivity contribution in [3.63, 3.8) is 0 Å². The highest BCUT2D eigenvalue weighted by Crippen LogP contribution is 2.52. The van der Waals surface area contributed by atoms with Crippen molar-refractivity contribution in [2.45, 2.75) is 64.1 Å². The van der Waals surface area contributed by atoms with E-state index in [0.717, 1.165) is 28.9 Å². The molecule has 10 heteroatoms. The van der Waals surface area contributed by atoms with Gasteiger partial charge in [0.25, 0.3) is 5.91 Å². The Bertz CT molecular complexity index is 1390. The molecule has 3 aromatic carbocycles. The van der Waals surface area contributed by atoms with Gasteiger partial charge in [-0.15, -0.1) is 10.8 Å². The molecule has 234 valence electrons.